The van der Waals surface area contributed by atoms with Gasteiger partial charge < -0.3 is 9.73 Å². The molecule has 1 saturated carbocycles. The number of para-hydroxylation sites is 1. The third kappa shape index (κ3) is 4.35. The molecule has 0 saturated heterocycles. The zero-order chi connectivity index (χ0) is 19.5. The van der Waals surface area contributed by atoms with E-state index in [9.17, 15) is 4.79 Å². The highest BCUT2D eigenvalue weighted by molar-refractivity contribution is 7.99. The van der Waals surface area contributed by atoms with Gasteiger partial charge in [0.05, 0.1) is 10.0 Å². The number of furan rings is 1. The maximum atomic E-state index is 13.0. The van der Waals surface area contributed by atoms with Crippen molar-refractivity contribution >= 4 is 57.5 Å². The van der Waals surface area contributed by atoms with Crippen molar-refractivity contribution in [1.82, 2.24) is 0 Å². The number of amides is 1. The van der Waals surface area contributed by atoms with Gasteiger partial charge >= 0.3 is 0 Å². The van der Waals surface area contributed by atoms with Crippen LogP contribution in [0.4, 0.5) is 5.69 Å². The van der Waals surface area contributed by atoms with Crippen molar-refractivity contribution in [3.63, 3.8) is 0 Å². The predicted molar refractivity (Wildman–Crippen MR) is 119 cm³/mol. The van der Waals surface area contributed by atoms with Crippen molar-refractivity contribution in [3.05, 3.63) is 63.8 Å². The van der Waals surface area contributed by atoms with Crippen LogP contribution in [0.5, 0.6) is 0 Å². The first-order valence-electron chi connectivity index (χ1n) is 9.50. The Labute approximate surface area is 178 Å². The molecule has 1 aliphatic carbocycles. The molecule has 0 aliphatic heterocycles. The van der Waals surface area contributed by atoms with Gasteiger partial charge in [-0.25, -0.2) is 0 Å². The van der Waals surface area contributed by atoms with Gasteiger partial charge in [-0.05, 0) is 37.1 Å². The molecule has 4 rings (SSSR count). The first kappa shape index (κ1) is 19.7. The summed E-state index contributed by atoms with van der Waals surface area (Å²) in [6.07, 6.45) is 6.45. The lowest BCUT2D eigenvalue weighted by atomic mass is 10.0. The van der Waals surface area contributed by atoms with Crippen LogP contribution < -0.4 is 5.32 Å². The van der Waals surface area contributed by atoms with E-state index in [1.165, 1.54) is 32.1 Å². The minimum Gasteiger partial charge on any atom is -0.451 e. The van der Waals surface area contributed by atoms with Gasteiger partial charge in [0.25, 0.3) is 5.91 Å². The molecule has 0 radical (unpaired) electrons. The van der Waals surface area contributed by atoms with Crippen LogP contribution in [-0.2, 0) is 5.75 Å². The number of nitrogens with one attached hydrogen (secondary N) is 1. The average molecular weight is 434 g/mol. The standard InChI is InChI=1S/C22H21Cl2NO2S/c23-18-11-10-14(12-19(18)24)25-22(26)21-17(13-28-15-6-2-1-3-7-15)16-8-4-5-9-20(16)27-21/h4-5,8-12,15H,1-3,6-7,13H2,(H,25,26). The largest absolute Gasteiger partial charge is 0.451 e. The molecule has 2 aromatic carbocycles. The van der Waals surface area contributed by atoms with Crippen molar-refractivity contribution in [3.8, 4) is 0 Å². The van der Waals surface area contributed by atoms with E-state index in [1.54, 1.807) is 18.2 Å². The average Bonchev–Trinajstić information content (AvgIpc) is 3.09. The van der Waals surface area contributed by atoms with E-state index in [1.807, 2.05) is 36.0 Å². The number of hydrogen-bond acceptors (Lipinski definition) is 3. The number of fused-ring (bicyclic) bond motifs is 1. The predicted octanol–water partition coefficient (Wildman–Crippen LogP) is 7.56. The number of carbonyl (C=O) groups excluding carboxylic acids is 1. The summed E-state index contributed by atoms with van der Waals surface area (Å²) in [7, 11) is 0. The summed E-state index contributed by atoms with van der Waals surface area (Å²) in [6, 6.07) is 12.9. The summed E-state index contributed by atoms with van der Waals surface area (Å²) in [6.45, 7) is 0. The molecule has 1 heterocycles. The van der Waals surface area contributed by atoms with Crippen LogP contribution in [0.3, 0.4) is 0 Å². The lowest BCUT2D eigenvalue weighted by Gasteiger charge is -2.20. The third-order valence-corrected chi connectivity index (χ3v) is 7.23. The van der Waals surface area contributed by atoms with E-state index in [0.29, 0.717) is 26.7 Å². The molecule has 1 N–H and O–H groups in total. The summed E-state index contributed by atoms with van der Waals surface area (Å²) < 4.78 is 5.94. The molecule has 28 heavy (non-hydrogen) atoms. The van der Waals surface area contributed by atoms with Crippen LogP contribution in [0, 0.1) is 0 Å². The number of carbonyl (C=O) groups is 1. The molecule has 0 atom stereocenters. The van der Waals surface area contributed by atoms with Crippen molar-refractivity contribution in [2.45, 2.75) is 43.1 Å². The van der Waals surface area contributed by atoms with E-state index in [2.05, 4.69) is 5.32 Å². The van der Waals surface area contributed by atoms with Crippen molar-refractivity contribution in [2.24, 2.45) is 0 Å². The summed E-state index contributed by atoms with van der Waals surface area (Å²) in [5.41, 5.74) is 2.29. The van der Waals surface area contributed by atoms with Crippen LogP contribution in [-0.4, -0.2) is 11.2 Å². The van der Waals surface area contributed by atoms with Crippen LogP contribution in [0.1, 0.15) is 48.2 Å². The number of halogens is 2. The van der Waals surface area contributed by atoms with Gasteiger partial charge in [-0.2, -0.15) is 11.8 Å². The van der Waals surface area contributed by atoms with Gasteiger partial charge in [0, 0.05) is 27.6 Å². The Hall–Kier alpha value is -1.62. The molecule has 3 aromatic rings. The second-order valence-electron chi connectivity index (χ2n) is 7.06. The lowest BCUT2D eigenvalue weighted by molar-refractivity contribution is 0.0998. The van der Waals surface area contributed by atoms with Crippen LogP contribution in [0.25, 0.3) is 11.0 Å². The Morgan fingerprint density at radius 2 is 1.86 bits per heavy atom. The molecule has 146 valence electrons. The maximum absolute atomic E-state index is 13.0. The fourth-order valence-electron chi connectivity index (χ4n) is 3.62. The van der Waals surface area contributed by atoms with Gasteiger partial charge in [-0.15, -0.1) is 0 Å². The number of anilines is 1. The Balaban J connectivity index is 1.59. The van der Waals surface area contributed by atoms with Gasteiger partial charge in [-0.1, -0.05) is 60.7 Å². The fourth-order valence-corrected chi connectivity index (χ4v) is 5.27. The zero-order valence-corrected chi connectivity index (χ0v) is 17.7. The van der Waals surface area contributed by atoms with Crippen LogP contribution >= 0.6 is 35.0 Å². The Morgan fingerprint density at radius 1 is 1.07 bits per heavy atom. The summed E-state index contributed by atoms with van der Waals surface area (Å²) in [5, 5.41) is 5.40. The molecule has 0 unspecified atom stereocenters. The van der Waals surface area contributed by atoms with Gasteiger partial charge in [0.1, 0.15) is 5.58 Å². The second-order valence-corrected chi connectivity index (χ2v) is 9.16. The summed E-state index contributed by atoms with van der Waals surface area (Å²) >= 11 is 14.0. The number of rotatable bonds is 5. The van der Waals surface area contributed by atoms with Crippen LogP contribution in [0.15, 0.2) is 46.9 Å². The topological polar surface area (TPSA) is 42.2 Å². The first-order valence-corrected chi connectivity index (χ1v) is 11.3. The third-order valence-electron chi connectivity index (χ3n) is 5.10. The van der Waals surface area contributed by atoms with E-state index >= 15 is 0 Å². The van der Waals surface area contributed by atoms with E-state index < -0.39 is 0 Å². The lowest BCUT2D eigenvalue weighted by Crippen LogP contribution is -2.13. The minimum atomic E-state index is -0.270. The van der Waals surface area contributed by atoms with Crippen molar-refractivity contribution < 1.29 is 9.21 Å². The minimum absolute atomic E-state index is 0.270. The number of benzene rings is 2. The monoisotopic (exact) mass is 433 g/mol. The number of thioether (sulfide) groups is 1. The van der Waals surface area contributed by atoms with E-state index in [-0.39, 0.29) is 5.91 Å². The molecule has 0 bridgehead atoms. The Kier molecular flexibility index (Phi) is 6.19. The smallest absolute Gasteiger partial charge is 0.291 e. The van der Waals surface area contributed by atoms with Gasteiger partial charge in [0.2, 0.25) is 0 Å². The van der Waals surface area contributed by atoms with Crippen molar-refractivity contribution in [2.75, 3.05) is 5.32 Å². The van der Waals surface area contributed by atoms with Gasteiger partial charge in [0.15, 0.2) is 5.76 Å². The van der Waals surface area contributed by atoms with Crippen LogP contribution in [0.2, 0.25) is 10.0 Å². The second kappa shape index (κ2) is 8.81. The molecule has 1 aliphatic rings. The van der Waals surface area contributed by atoms with E-state index in [4.69, 9.17) is 27.6 Å². The first-order chi connectivity index (χ1) is 13.6. The quantitative estimate of drug-likeness (QED) is 0.451. The normalized spacial score (nSPS) is 15.1. The molecule has 1 fully saturated rings. The maximum Gasteiger partial charge on any atom is 0.291 e. The molecule has 1 aromatic heterocycles. The summed E-state index contributed by atoms with van der Waals surface area (Å²) in [5.74, 6) is 0.871. The molecule has 6 heteroatoms. The van der Waals surface area contributed by atoms with Gasteiger partial charge in [-0.3, -0.25) is 4.79 Å². The molecular weight excluding hydrogens is 413 g/mol. The zero-order valence-electron chi connectivity index (χ0n) is 15.3. The Morgan fingerprint density at radius 3 is 2.64 bits per heavy atom. The van der Waals surface area contributed by atoms with E-state index in [0.717, 1.165) is 22.3 Å². The fraction of sp³-hybridized carbons (Fsp3) is 0.318. The highest BCUT2D eigenvalue weighted by atomic mass is 35.5. The molecule has 1 amide bonds. The number of hydrogen-bond donors (Lipinski definition) is 1. The highest BCUT2D eigenvalue weighted by Gasteiger charge is 2.22. The SMILES string of the molecule is O=C(Nc1ccc(Cl)c(Cl)c1)c1oc2ccccc2c1CSC1CCCCC1. The highest BCUT2D eigenvalue weighted by Crippen LogP contribution is 2.35. The molecule has 0 spiro atoms. The van der Waals surface area contributed by atoms with Crippen molar-refractivity contribution in [1.29, 1.82) is 0 Å². The molecule has 3 nitrogen and oxygen atoms in total. The Bertz CT molecular complexity index is 995. The summed E-state index contributed by atoms with van der Waals surface area (Å²) in [4.78, 5) is 13.0. The molecular formula is C22H21Cl2NO2S.